The van der Waals surface area contributed by atoms with Crippen molar-refractivity contribution in [3.63, 3.8) is 0 Å². The summed E-state index contributed by atoms with van der Waals surface area (Å²) in [4.78, 5) is 40.7. The molecule has 0 saturated carbocycles. The van der Waals surface area contributed by atoms with Gasteiger partial charge in [-0.1, -0.05) is 62.4 Å². The Kier molecular flexibility index (Phi) is 9.73. The van der Waals surface area contributed by atoms with Crippen molar-refractivity contribution in [1.82, 2.24) is 5.32 Å². The van der Waals surface area contributed by atoms with Crippen LogP contribution in [0, 0.1) is 5.92 Å². The van der Waals surface area contributed by atoms with Crippen LogP contribution < -0.4 is 20.3 Å². The highest BCUT2D eigenvalue weighted by Crippen LogP contribution is 2.28. The van der Waals surface area contributed by atoms with Gasteiger partial charge in [0.05, 0.1) is 6.61 Å². The molecule has 39 heavy (non-hydrogen) atoms. The molecule has 1 fully saturated rings. The van der Waals surface area contributed by atoms with E-state index in [0.717, 1.165) is 24.1 Å². The maximum atomic E-state index is 13.6. The lowest BCUT2D eigenvalue weighted by molar-refractivity contribution is -0.120. The van der Waals surface area contributed by atoms with Gasteiger partial charge in [-0.2, -0.15) is 0 Å². The summed E-state index contributed by atoms with van der Waals surface area (Å²) in [5.74, 6) is -0.0837. The molecule has 7 heteroatoms. The van der Waals surface area contributed by atoms with E-state index in [1.807, 2.05) is 80.6 Å². The second kappa shape index (κ2) is 13.6. The van der Waals surface area contributed by atoms with Gasteiger partial charge in [-0.15, -0.1) is 0 Å². The van der Waals surface area contributed by atoms with Gasteiger partial charge in [-0.25, -0.2) is 0 Å². The summed E-state index contributed by atoms with van der Waals surface area (Å²) in [5, 5.41) is 6.13. The first-order valence-corrected chi connectivity index (χ1v) is 13.7. The normalized spacial score (nSPS) is 14.5. The Hall–Kier alpha value is -4.13. The van der Waals surface area contributed by atoms with Crippen molar-refractivity contribution < 1.29 is 19.1 Å². The average molecular weight is 528 g/mol. The Balaban J connectivity index is 1.53. The minimum Gasteiger partial charge on any atom is -0.494 e. The molecule has 0 spiro atoms. The van der Waals surface area contributed by atoms with Crippen LogP contribution in [0.1, 0.15) is 55.5 Å². The monoisotopic (exact) mass is 527 g/mol. The molecule has 1 aliphatic rings. The molecule has 1 unspecified atom stereocenters. The molecule has 0 bridgehead atoms. The minimum atomic E-state index is -0.337. The fraction of sp³-hybridized carbons (Fsp3) is 0.344. The molecule has 204 valence electrons. The number of amides is 3. The second-order valence-electron chi connectivity index (χ2n) is 10.1. The summed E-state index contributed by atoms with van der Waals surface area (Å²) in [5.41, 5.74) is 2.91. The van der Waals surface area contributed by atoms with Crippen molar-refractivity contribution in [2.75, 3.05) is 23.4 Å². The van der Waals surface area contributed by atoms with Crippen LogP contribution in [-0.2, 0) is 16.0 Å². The Morgan fingerprint density at radius 1 is 1.00 bits per heavy atom. The van der Waals surface area contributed by atoms with Gasteiger partial charge >= 0.3 is 0 Å². The summed E-state index contributed by atoms with van der Waals surface area (Å²) >= 11 is 0. The van der Waals surface area contributed by atoms with E-state index in [0.29, 0.717) is 49.4 Å². The quantitative estimate of drug-likeness (QED) is 0.321. The van der Waals surface area contributed by atoms with Crippen molar-refractivity contribution in [2.24, 2.45) is 5.92 Å². The van der Waals surface area contributed by atoms with Crippen molar-refractivity contribution in [3.8, 4) is 5.75 Å². The number of carbonyl (C=O) groups excluding carboxylic acids is 3. The SMILES string of the molecule is CCCOc1cc(C(=O)N[C@@H](Cc2ccccc2)CC(C)C(=O)Nc2ccccc2)cc(N2CCCC2=O)c1. The van der Waals surface area contributed by atoms with Gasteiger partial charge in [0.2, 0.25) is 11.8 Å². The predicted molar refractivity (Wildman–Crippen MR) is 154 cm³/mol. The average Bonchev–Trinajstić information content (AvgIpc) is 3.38. The van der Waals surface area contributed by atoms with Crippen LogP contribution in [-0.4, -0.2) is 36.9 Å². The van der Waals surface area contributed by atoms with Gasteiger partial charge in [-0.3, -0.25) is 14.4 Å². The summed E-state index contributed by atoms with van der Waals surface area (Å²) in [6, 6.07) is 24.3. The maximum absolute atomic E-state index is 13.6. The number of carbonyl (C=O) groups is 3. The second-order valence-corrected chi connectivity index (χ2v) is 10.1. The Labute approximate surface area is 230 Å². The third kappa shape index (κ3) is 7.93. The van der Waals surface area contributed by atoms with Crippen LogP contribution in [0.25, 0.3) is 0 Å². The molecule has 1 saturated heterocycles. The number of ether oxygens (including phenoxy) is 1. The van der Waals surface area contributed by atoms with Gasteiger partial charge in [0, 0.05) is 47.9 Å². The van der Waals surface area contributed by atoms with Gasteiger partial charge in [0.25, 0.3) is 5.91 Å². The molecule has 4 rings (SSSR count). The zero-order chi connectivity index (χ0) is 27.6. The fourth-order valence-electron chi connectivity index (χ4n) is 4.78. The molecule has 0 radical (unpaired) electrons. The number of nitrogens with one attached hydrogen (secondary N) is 2. The lowest BCUT2D eigenvalue weighted by Gasteiger charge is -2.23. The van der Waals surface area contributed by atoms with Crippen LogP contribution in [0.15, 0.2) is 78.9 Å². The molecular formula is C32H37N3O4. The van der Waals surface area contributed by atoms with Crippen molar-refractivity contribution >= 4 is 29.1 Å². The van der Waals surface area contributed by atoms with E-state index in [2.05, 4.69) is 10.6 Å². The number of para-hydroxylation sites is 1. The van der Waals surface area contributed by atoms with E-state index < -0.39 is 0 Å². The summed E-state index contributed by atoms with van der Waals surface area (Å²) in [7, 11) is 0. The highest BCUT2D eigenvalue weighted by Gasteiger charge is 2.25. The lowest BCUT2D eigenvalue weighted by Crippen LogP contribution is -2.39. The van der Waals surface area contributed by atoms with E-state index in [1.54, 1.807) is 17.0 Å². The first kappa shape index (κ1) is 27.9. The van der Waals surface area contributed by atoms with Crippen LogP contribution in [0.3, 0.4) is 0 Å². The van der Waals surface area contributed by atoms with E-state index >= 15 is 0 Å². The number of anilines is 2. The Bertz CT molecular complexity index is 1260. The standard InChI is InChI=1S/C32H37N3O4/c1-3-17-39-29-21-25(20-28(22-29)35-16-10-15-30(35)36)32(38)34-27(19-24-11-6-4-7-12-24)18-23(2)31(37)33-26-13-8-5-9-14-26/h4-9,11-14,20-23,27H,3,10,15-19H2,1-2H3,(H,33,37)(H,34,38)/t23?,27-/m1/s1. The number of hydrogen-bond donors (Lipinski definition) is 2. The molecule has 1 heterocycles. The number of benzene rings is 3. The topological polar surface area (TPSA) is 87.7 Å². The van der Waals surface area contributed by atoms with Gasteiger partial charge in [0.1, 0.15) is 5.75 Å². The van der Waals surface area contributed by atoms with Gasteiger partial charge in [0.15, 0.2) is 0 Å². The molecule has 1 aliphatic heterocycles. The molecule has 2 atom stereocenters. The molecule has 3 aromatic rings. The molecule has 2 N–H and O–H groups in total. The van der Waals surface area contributed by atoms with Crippen LogP contribution in [0.5, 0.6) is 5.75 Å². The highest BCUT2D eigenvalue weighted by atomic mass is 16.5. The Morgan fingerprint density at radius 2 is 1.72 bits per heavy atom. The van der Waals surface area contributed by atoms with Crippen LogP contribution in [0.4, 0.5) is 11.4 Å². The zero-order valence-electron chi connectivity index (χ0n) is 22.7. The summed E-state index contributed by atoms with van der Waals surface area (Å²) in [6.45, 7) is 5.04. The van der Waals surface area contributed by atoms with Crippen molar-refractivity contribution in [1.29, 1.82) is 0 Å². The number of rotatable bonds is 12. The first-order valence-electron chi connectivity index (χ1n) is 13.7. The molecule has 0 aromatic heterocycles. The third-order valence-corrected chi connectivity index (χ3v) is 6.80. The maximum Gasteiger partial charge on any atom is 0.251 e. The third-order valence-electron chi connectivity index (χ3n) is 6.80. The molecular weight excluding hydrogens is 490 g/mol. The molecule has 7 nitrogen and oxygen atoms in total. The highest BCUT2D eigenvalue weighted by molar-refractivity contribution is 6.00. The fourth-order valence-corrected chi connectivity index (χ4v) is 4.78. The van der Waals surface area contributed by atoms with E-state index in [-0.39, 0.29) is 29.7 Å². The summed E-state index contributed by atoms with van der Waals surface area (Å²) in [6.07, 6.45) is 3.17. The Morgan fingerprint density at radius 3 is 2.38 bits per heavy atom. The lowest BCUT2D eigenvalue weighted by atomic mass is 9.95. The largest absolute Gasteiger partial charge is 0.494 e. The molecule has 0 aliphatic carbocycles. The number of nitrogens with zero attached hydrogens (tertiary/aromatic N) is 1. The smallest absolute Gasteiger partial charge is 0.251 e. The van der Waals surface area contributed by atoms with Crippen LogP contribution >= 0.6 is 0 Å². The van der Waals surface area contributed by atoms with E-state index in [9.17, 15) is 14.4 Å². The van der Waals surface area contributed by atoms with E-state index in [4.69, 9.17) is 4.74 Å². The van der Waals surface area contributed by atoms with E-state index in [1.165, 1.54) is 0 Å². The van der Waals surface area contributed by atoms with Crippen molar-refractivity contribution in [2.45, 2.75) is 52.0 Å². The van der Waals surface area contributed by atoms with Crippen molar-refractivity contribution in [3.05, 3.63) is 90.0 Å². The number of hydrogen-bond acceptors (Lipinski definition) is 4. The summed E-state index contributed by atoms with van der Waals surface area (Å²) < 4.78 is 5.86. The molecule has 3 amide bonds. The van der Waals surface area contributed by atoms with Crippen LogP contribution in [0.2, 0.25) is 0 Å². The zero-order valence-corrected chi connectivity index (χ0v) is 22.7. The van der Waals surface area contributed by atoms with Gasteiger partial charge in [-0.05, 0) is 55.5 Å². The predicted octanol–water partition coefficient (Wildman–Crippen LogP) is 5.61. The van der Waals surface area contributed by atoms with Gasteiger partial charge < -0.3 is 20.3 Å². The minimum absolute atomic E-state index is 0.0502. The molecule has 3 aromatic carbocycles. The first-order chi connectivity index (χ1) is 18.9.